The van der Waals surface area contributed by atoms with Gasteiger partial charge in [0.1, 0.15) is 0 Å². The van der Waals surface area contributed by atoms with Crippen LogP contribution in [-0.4, -0.2) is 16.6 Å². The summed E-state index contributed by atoms with van der Waals surface area (Å²) in [5, 5.41) is 13.8. The summed E-state index contributed by atoms with van der Waals surface area (Å²) in [6.07, 6.45) is -5.24. The highest BCUT2D eigenvalue weighted by molar-refractivity contribution is 7.13. The average molecular weight is 302 g/mol. The first kappa shape index (κ1) is 14.8. The Balaban J connectivity index is 1.97. The maximum absolute atomic E-state index is 12.4. The average Bonchev–Trinajstić information content (AvgIpc) is 2.84. The molecule has 1 unspecified atom stereocenters. The molecule has 0 aliphatic carbocycles. The fourth-order valence-electron chi connectivity index (χ4n) is 1.66. The Morgan fingerprint density at radius 1 is 1.40 bits per heavy atom. The summed E-state index contributed by atoms with van der Waals surface area (Å²) in [6, 6.07) is 7.32. The Morgan fingerprint density at radius 2 is 2.15 bits per heavy atom. The van der Waals surface area contributed by atoms with Crippen molar-refractivity contribution in [2.75, 3.05) is 11.9 Å². The molecule has 0 bridgehead atoms. The number of aromatic nitrogens is 1. The number of nitrogens with zero attached hydrogens (tertiary/aromatic N) is 1. The van der Waals surface area contributed by atoms with Crippen LogP contribution in [0.2, 0.25) is 0 Å². The molecular weight excluding hydrogens is 289 g/mol. The zero-order valence-corrected chi connectivity index (χ0v) is 11.4. The first-order chi connectivity index (χ1) is 9.36. The van der Waals surface area contributed by atoms with Crippen LogP contribution in [0.1, 0.15) is 22.9 Å². The van der Waals surface area contributed by atoms with E-state index in [1.807, 2.05) is 25.1 Å². The Kier molecular flexibility index (Phi) is 4.29. The Bertz CT molecular complexity index is 583. The number of rotatable bonds is 4. The van der Waals surface area contributed by atoms with Crippen LogP contribution in [0.5, 0.6) is 0 Å². The van der Waals surface area contributed by atoms with Crippen molar-refractivity contribution in [3.8, 4) is 0 Å². The monoisotopic (exact) mass is 302 g/mol. The molecule has 7 heteroatoms. The van der Waals surface area contributed by atoms with Gasteiger partial charge in [-0.25, -0.2) is 4.98 Å². The number of nitrogens with one attached hydrogen (secondary N) is 1. The molecule has 0 fully saturated rings. The summed E-state index contributed by atoms with van der Waals surface area (Å²) in [5.41, 5.74) is 0.801. The fraction of sp³-hybridized carbons (Fsp3) is 0.308. The van der Waals surface area contributed by atoms with Gasteiger partial charge >= 0.3 is 6.18 Å². The van der Waals surface area contributed by atoms with E-state index in [0.717, 1.165) is 22.3 Å². The molecule has 0 radical (unpaired) electrons. The molecule has 1 heterocycles. The summed E-state index contributed by atoms with van der Waals surface area (Å²) >= 11 is 0.863. The van der Waals surface area contributed by atoms with Crippen LogP contribution in [0.4, 0.5) is 18.3 Å². The molecule has 0 saturated heterocycles. The first-order valence-electron chi connectivity index (χ1n) is 5.87. The van der Waals surface area contributed by atoms with E-state index in [2.05, 4.69) is 10.3 Å². The number of aliphatic hydroxyl groups excluding tert-OH is 1. The highest BCUT2D eigenvalue weighted by atomic mass is 32.1. The molecule has 2 N–H and O–H groups in total. The highest BCUT2D eigenvalue weighted by Crippen LogP contribution is 2.31. The van der Waals surface area contributed by atoms with Crippen LogP contribution in [0, 0.1) is 6.92 Å². The molecule has 1 atom stereocenters. The number of anilines is 1. The van der Waals surface area contributed by atoms with Crippen LogP contribution < -0.4 is 5.32 Å². The standard InChI is InChI=1S/C13H13F3N2OS/c1-8-3-2-4-9(5-8)10(19)6-17-12-18-11(7-20-12)13(14,15)16/h2-5,7,10,19H,6H2,1H3,(H,17,18). The zero-order chi connectivity index (χ0) is 14.8. The molecular formula is C13H13F3N2OS. The van der Waals surface area contributed by atoms with Crippen LogP contribution >= 0.6 is 11.3 Å². The topological polar surface area (TPSA) is 45.1 Å². The maximum Gasteiger partial charge on any atom is 0.434 e. The molecule has 3 nitrogen and oxygen atoms in total. The minimum absolute atomic E-state index is 0.105. The minimum atomic E-state index is -4.44. The van der Waals surface area contributed by atoms with E-state index in [4.69, 9.17) is 0 Å². The summed E-state index contributed by atoms with van der Waals surface area (Å²) < 4.78 is 37.1. The van der Waals surface area contributed by atoms with Gasteiger partial charge in [0.15, 0.2) is 10.8 Å². The van der Waals surface area contributed by atoms with Gasteiger partial charge in [-0.15, -0.1) is 11.3 Å². The van der Waals surface area contributed by atoms with E-state index in [9.17, 15) is 18.3 Å². The number of alkyl halides is 3. The molecule has 1 aromatic heterocycles. The van der Waals surface area contributed by atoms with Gasteiger partial charge in [0.25, 0.3) is 0 Å². The molecule has 0 aliphatic rings. The first-order valence-corrected chi connectivity index (χ1v) is 6.75. The number of aryl methyl sites for hydroxylation is 1. The predicted molar refractivity (Wildman–Crippen MR) is 71.7 cm³/mol. The van der Waals surface area contributed by atoms with Crippen LogP contribution in [0.25, 0.3) is 0 Å². The molecule has 2 aromatic rings. The van der Waals surface area contributed by atoms with Gasteiger partial charge in [0.2, 0.25) is 0 Å². The smallest absolute Gasteiger partial charge is 0.387 e. The van der Waals surface area contributed by atoms with Gasteiger partial charge in [-0.1, -0.05) is 29.8 Å². The Hall–Kier alpha value is -1.60. The highest BCUT2D eigenvalue weighted by Gasteiger charge is 2.33. The van der Waals surface area contributed by atoms with Crippen molar-refractivity contribution >= 4 is 16.5 Å². The molecule has 0 amide bonds. The lowest BCUT2D eigenvalue weighted by atomic mass is 10.1. The lowest BCUT2D eigenvalue weighted by Crippen LogP contribution is -2.12. The van der Waals surface area contributed by atoms with Crippen LogP contribution in [0.15, 0.2) is 29.6 Å². The maximum atomic E-state index is 12.4. The normalized spacial score (nSPS) is 13.2. The van der Waals surface area contributed by atoms with Gasteiger partial charge in [-0.2, -0.15) is 13.2 Å². The number of aliphatic hydroxyl groups is 1. The Labute approximate surface area is 118 Å². The molecule has 20 heavy (non-hydrogen) atoms. The van der Waals surface area contributed by atoms with Crippen molar-refractivity contribution in [2.24, 2.45) is 0 Å². The molecule has 2 rings (SSSR count). The molecule has 1 aromatic carbocycles. The SMILES string of the molecule is Cc1cccc(C(O)CNc2nc(C(F)(F)F)cs2)c1. The largest absolute Gasteiger partial charge is 0.434 e. The van der Waals surface area contributed by atoms with Gasteiger partial charge in [0.05, 0.1) is 6.10 Å². The molecule has 0 spiro atoms. The second-order valence-corrected chi connectivity index (χ2v) is 5.20. The fourth-order valence-corrected chi connectivity index (χ4v) is 2.39. The second kappa shape index (κ2) is 5.80. The summed E-state index contributed by atoms with van der Waals surface area (Å²) in [6.45, 7) is 2.01. The van der Waals surface area contributed by atoms with Crippen molar-refractivity contribution in [3.63, 3.8) is 0 Å². The molecule has 0 saturated carbocycles. The van der Waals surface area contributed by atoms with Gasteiger partial charge < -0.3 is 10.4 Å². The Morgan fingerprint density at radius 3 is 2.75 bits per heavy atom. The van der Waals surface area contributed by atoms with E-state index in [0.29, 0.717) is 5.56 Å². The number of thiazole rings is 1. The van der Waals surface area contributed by atoms with Gasteiger partial charge in [-0.3, -0.25) is 0 Å². The third-order valence-corrected chi connectivity index (χ3v) is 3.47. The van der Waals surface area contributed by atoms with E-state index in [1.165, 1.54) is 0 Å². The quantitative estimate of drug-likeness (QED) is 0.907. The molecule has 108 valence electrons. The van der Waals surface area contributed by atoms with E-state index in [1.54, 1.807) is 6.07 Å². The lowest BCUT2D eigenvalue weighted by molar-refractivity contribution is -0.140. The summed E-state index contributed by atoms with van der Waals surface area (Å²) in [5.74, 6) is 0. The summed E-state index contributed by atoms with van der Waals surface area (Å²) in [7, 11) is 0. The van der Waals surface area contributed by atoms with Gasteiger partial charge in [0, 0.05) is 11.9 Å². The summed E-state index contributed by atoms with van der Waals surface area (Å²) in [4.78, 5) is 3.44. The van der Waals surface area contributed by atoms with Crippen molar-refractivity contribution in [1.29, 1.82) is 0 Å². The third kappa shape index (κ3) is 3.71. The molecule has 0 aliphatic heterocycles. The van der Waals surface area contributed by atoms with Crippen LogP contribution in [-0.2, 0) is 6.18 Å². The van der Waals surface area contributed by atoms with E-state index < -0.39 is 18.0 Å². The lowest BCUT2D eigenvalue weighted by Gasteiger charge is -2.12. The van der Waals surface area contributed by atoms with Crippen LogP contribution in [0.3, 0.4) is 0 Å². The number of halogens is 3. The van der Waals surface area contributed by atoms with Crippen molar-refractivity contribution in [2.45, 2.75) is 19.2 Å². The zero-order valence-electron chi connectivity index (χ0n) is 10.6. The minimum Gasteiger partial charge on any atom is -0.387 e. The van der Waals surface area contributed by atoms with Crippen molar-refractivity contribution in [3.05, 3.63) is 46.5 Å². The number of hydrogen-bond acceptors (Lipinski definition) is 4. The predicted octanol–water partition coefficient (Wildman–Crippen LogP) is 3.62. The van der Waals surface area contributed by atoms with Crippen molar-refractivity contribution < 1.29 is 18.3 Å². The second-order valence-electron chi connectivity index (χ2n) is 4.35. The number of benzene rings is 1. The number of hydrogen-bond donors (Lipinski definition) is 2. The van der Waals surface area contributed by atoms with Gasteiger partial charge in [-0.05, 0) is 12.5 Å². The van der Waals surface area contributed by atoms with E-state index in [-0.39, 0.29) is 11.7 Å². The van der Waals surface area contributed by atoms with E-state index >= 15 is 0 Å². The van der Waals surface area contributed by atoms with Crippen molar-refractivity contribution in [1.82, 2.24) is 4.98 Å². The third-order valence-electron chi connectivity index (χ3n) is 2.67.